The molecular formula is C22H23N3O2. The minimum atomic E-state index is -0.142. The minimum absolute atomic E-state index is 0.142. The van der Waals surface area contributed by atoms with Gasteiger partial charge in [-0.3, -0.25) is 9.48 Å². The summed E-state index contributed by atoms with van der Waals surface area (Å²) in [5.41, 5.74) is 4.43. The van der Waals surface area contributed by atoms with Gasteiger partial charge in [0.1, 0.15) is 5.75 Å². The lowest BCUT2D eigenvalue weighted by Gasteiger charge is -2.26. The molecular weight excluding hydrogens is 338 g/mol. The Morgan fingerprint density at radius 2 is 1.96 bits per heavy atom. The van der Waals surface area contributed by atoms with Crippen molar-refractivity contribution >= 4 is 11.6 Å². The molecule has 0 bridgehead atoms. The summed E-state index contributed by atoms with van der Waals surface area (Å²) in [6.07, 6.45) is 3.61. The van der Waals surface area contributed by atoms with Crippen LogP contribution in [-0.2, 0) is 11.3 Å². The summed E-state index contributed by atoms with van der Waals surface area (Å²) < 4.78 is 2.05. The maximum absolute atomic E-state index is 11.3. The van der Waals surface area contributed by atoms with Crippen molar-refractivity contribution in [2.75, 3.05) is 5.32 Å². The third-order valence-corrected chi connectivity index (χ3v) is 5.10. The number of phenols is 1. The third-order valence-electron chi connectivity index (χ3n) is 5.10. The van der Waals surface area contributed by atoms with Crippen molar-refractivity contribution in [3.63, 3.8) is 0 Å². The van der Waals surface area contributed by atoms with Crippen molar-refractivity contribution in [3.8, 4) is 17.0 Å². The molecule has 2 N–H and O–H groups in total. The highest BCUT2D eigenvalue weighted by molar-refractivity contribution is 5.90. The molecule has 1 aromatic heterocycles. The molecule has 4 rings (SSSR count). The van der Waals surface area contributed by atoms with E-state index >= 15 is 0 Å². The summed E-state index contributed by atoms with van der Waals surface area (Å²) in [7, 11) is 0. The van der Waals surface area contributed by atoms with Gasteiger partial charge in [-0.2, -0.15) is 5.10 Å². The molecule has 1 aliphatic rings. The lowest BCUT2D eigenvalue weighted by Crippen LogP contribution is -2.15. The molecule has 0 unspecified atom stereocenters. The molecule has 2 aromatic carbocycles. The summed E-state index contributed by atoms with van der Waals surface area (Å²) in [5.74, 6) is 0.542. The van der Waals surface area contributed by atoms with Gasteiger partial charge in [-0.25, -0.2) is 0 Å². The lowest BCUT2D eigenvalue weighted by atomic mass is 9.82. The Labute approximate surface area is 158 Å². The molecule has 138 valence electrons. The Balaban J connectivity index is 1.72. The van der Waals surface area contributed by atoms with Crippen LogP contribution in [0.3, 0.4) is 0 Å². The molecule has 0 spiro atoms. The second-order valence-corrected chi connectivity index (χ2v) is 7.14. The number of aromatic hydroxyl groups is 1. The van der Waals surface area contributed by atoms with E-state index in [9.17, 15) is 9.90 Å². The maximum atomic E-state index is 11.3. The van der Waals surface area contributed by atoms with E-state index < -0.39 is 0 Å². The highest BCUT2D eigenvalue weighted by Gasteiger charge is 2.25. The van der Waals surface area contributed by atoms with Crippen LogP contribution in [0.2, 0.25) is 0 Å². The van der Waals surface area contributed by atoms with Crippen molar-refractivity contribution in [2.24, 2.45) is 0 Å². The monoisotopic (exact) mass is 361 g/mol. The van der Waals surface area contributed by atoms with E-state index in [1.807, 2.05) is 18.2 Å². The van der Waals surface area contributed by atoms with Crippen LogP contribution in [0.4, 0.5) is 5.69 Å². The van der Waals surface area contributed by atoms with Gasteiger partial charge in [0.25, 0.3) is 0 Å². The van der Waals surface area contributed by atoms with Crippen LogP contribution in [-0.4, -0.2) is 20.8 Å². The summed E-state index contributed by atoms with van der Waals surface area (Å²) >= 11 is 0. The zero-order valence-electron chi connectivity index (χ0n) is 15.4. The average Bonchev–Trinajstić information content (AvgIpc) is 2.99. The van der Waals surface area contributed by atoms with E-state index in [1.165, 1.54) is 37.4 Å². The predicted molar refractivity (Wildman–Crippen MR) is 106 cm³/mol. The topological polar surface area (TPSA) is 67.2 Å². The van der Waals surface area contributed by atoms with Crippen molar-refractivity contribution in [2.45, 2.75) is 38.6 Å². The summed E-state index contributed by atoms with van der Waals surface area (Å²) in [6.45, 7) is 2.18. The summed E-state index contributed by atoms with van der Waals surface area (Å²) in [4.78, 5) is 11.3. The SMILES string of the molecule is CC(=O)Nc1ccc(O)c(-c2cc(C3CCC3)n(Cc3ccccc3)n2)c1. The van der Waals surface area contributed by atoms with E-state index in [0.29, 0.717) is 23.7 Å². The summed E-state index contributed by atoms with van der Waals surface area (Å²) in [5, 5.41) is 17.9. The van der Waals surface area contributed by atoms with E-state index in [1.54, 1.807) is 18.2 Å². The average molecular weight is 361 g/mol. The Morgan fingerprint density at radius 1 is 1.19 bits per heavy atom. The second kappa shape index (κ2) is 7.27. The first kappa shape index (κ1) is 17.3. The molecule has 1 fully saturated rings. The number of rotatable bonds is 5. The first-order chi connectivity index (χ1) is 13.1. The zero-order valence-corrected chi connectivity index (χ0v) is 15.4. The highest BCUT2D eigenvalue weighted by atomic mass is 16.3. The van der Waals surface area contributed by atoms with Crippen molar-refractivity contribution in [1.82, 2.24) is 9.78 Å². The Bertz CT molecular complexity index is 959. The van der Waals surface area contributed by atoms with Gasteiger partial charge in [0.2, 0.25) is 5.91 Å². The molecule has 27 heavy (non-hydrogen) atoms. The zero-order chi connectivity index (χ0) is 18.8. The number of phenolic OH excluding ortho intramolecular Hbond substituents is 1. The number of anilines is 1. The molecule has 1 heterocycles. The largest absolute Gasteiger partial charge is 0.507 e. The van der Waals surface area contributed by atoms with E-state index in [2.05, 4.69) is 28.2 Å². The van der Waals surface area contributed by atoms with Gasteiger partial charge in [-0.05, 0) is 42.7 Å². The fourth-order valence-corrected chi connectivity index (χ4v) is 3.50. The second-order valence-electron chi connectivity index (χ2n) is 7.14. The molecule has 5 heteroatoms. The van der Waals surface area contributed by atoms with Crippen molar-refractivity contribution in [1.29, 1.82) is 0 Å². The molecule has 5 nitrogen and oxygen atoms in total. The van der Waals surface area contributed by atoms with E-state index in [-0.39, 0.29) is 11.7 Å². The van der Waals surface area contributed by atoms with Crippen LogP contribution < -0.4 is 5.32 Å². The smallest absolute Gasteiger partial charge is 0.221 e. The van der Waals surface area contributed by atoms with Gasteiger partial charge < -0.3 is 10.4 Å². The van der Waals surface area contributed by atoms with Gasteiger partial charge in [-0.1, -0.05) is 36.8 Å². The number of nitrogens with one attached hydrogen (secondary N) is 1. The number of hydrogen-bond acceptors (Lipinski definition) is 3. The van der Waals surface area contributed by atoms with Crippen LogP contribution in [0.15, 0.2) is 54.6 Å². The maximum Gasteiger partial charge on any atom is 0.221 e. The van der Waals surface area contributed by atoms with Crippen LogP contribution in [0.5, 0.6) is 5.75 Å². The van der Waals surface area contributed by atoms with Crippen molar-refractivity contribution < 1.29 is 9.90 Å². The molecule has 0 atom stereocenters. The van der Waals surface area contributed by atoms with Gasteiger partial charge in [0.15, 0.2) is 0 Å². The number of hydrogen-bond donors (Lipinski definition) is 2. The first-order valence-electron chi connectivity index (χ1n) is 9.33. The highest BCUT2D eigenvalue weighted by Crippen LogP contribution is 2.39. The van der Waals surface area contributed by atoms with Gasteiger partial charge >= 0.3 is 0 Å². The number of aromatic nitrogens is 2. The molecule has 0 radical (unpaired) electrons. The van der Waals surface area contributed by atoms with E-state index in [0.717, 1.165) is 5.69 Å². The molecule has 3 aromatic rings. The van der Waals surface area contributed by atoms with Crippen LogP contribution in [0.1, 0.15) is 43.4 Å². The summed E-state index contributed by atoms with van der Waals surface area (Å²) in [6, 6.07) is 17.4. The quantitative estimate of drug-likeness (QED) is 0.656. The molecule has 1 saturated carbocycles. The van der Waals surface area contributed by atoms with Gasteiger partial charge in [0, 0.05) is 29.8 Å². The van der Waals surface area contributed by atoms with Crippen molar-refractivity contribution in [3.05, 3.63) is 65.9 Å². The Morgan fingerprint density at radius 3 is 2.63 bits per heavy atom. The number of amides is 1. The number of benzene rings is 2. The molecule has 1 amide bonds. The van der Waals surface area contributed by atoms with Crippen LogP contribution in [0.25, 0.3) is 11.3 Å². The van der Waals surface area contributed by atoms with Gasteiger partial charge in [-0.15, -0.1) is 0 Å². The number of carbonyl (C=O) groups excluding carboxylic acids is 1. The standard InChI is InChI=1S/C22H23N3O2/c1-15(26)23-18-10-11-22(27)19(12-18)20-13-21(17-8-5-9-17)25(24-20)14-16-6-3-2-4-7-16/h2-4,6-7,10-13,17,27H,5,8-9,14H2,1H3,(H,23,26). The number of carbonyl (C=O) groups is 1. The first-order valence-corrected chi connectivity index (χ1v) is 9.33. The fraction of sp³-hybridized carbons (Fsp3) is 0.273. The lowest BCUT2D eigenvalue weighted by molar-refractivity contribution is -0.114. The molecule has 0 saturated heterocycles. The Kier molecular flexibility index (Phi) is 4.67. The fourth-order valence-electron chi connectivity index (χ4n) is 3.50. The van der Waals surface area contributed by atoms with E-state index in [4.69, 9.17) is 5.10 Å². The third kappa shape index (κ3) is 3.72. The van der Waals surface area contributed by atoms with Crippen LogP contribution >= 0.6 is 0 Å². The minimum Gasteiger partial charge on any atom is -0.507 e. The Hall–Kier alpha value is -3.08. The normalized spacial score (nSPS) is 14.0. The van der Waals surface area contributed by atoms with Gasteiger partial charge in [0.05, 0.1) is 12.2 Å². The van der Waals surface area contributed by atoms with Crippen LogP contribution in [0, 0.1) is 0 Å². The molecule has 0 aliphatic heterocycles. The number of nitrogens with zero attached hydrogens (tertiary/aromatic N) is 2. The predicted octanol–water partition coefficient (Wildman–Crippen LogP) is 4.53. The molecule has 1 aliphatic carbocycles.